The average Bonchev–Trinajstić information content (AvgIpc) is 2.75. The number of nitrogens with zero attached hydrogens (tertiary/aromatic N) is 1. The molecule has 2 amide bonds. The molecule has 28 heavy (non-hydrogen) atoms. The second-order valence-electron chi connectivity index (χ2n) is 7.00. The number of benzene rings is 2. The van der Waals surface area contributed by atoms with Gasteiger partial charge in [0.15, 0.2) is 0 Å². The zero-order chi connectivity index (χ0) is 19.8. The molecule has 146 valence electrons. The van der Waals surface area contributed by atoms with Crippen LogP contribution in [0.25, 0.3) is 0 Å². The van der Waals surface area contributed by atoms with Crippen LogP contribution in [0.5, 0.6) is 0 Å². The first-order valence-corrected chi connectivity index (χ1v) is 9.60. The van der Waals surface area contributed by atoms with E-state index in [1.165, 1.54) is 6.08 Å². The number of carbonyl (C=O) groups is 2. The van der Waals surface area contributed by atoms with E-state index in [0.29, 0.717) is 30.3 Å². The van der Waals surface area contributed by atoms with Gasteiger partial charge in [-0.1, -0.05) is 36.9 Å². The SMILES string of the molecule is C=CC(=O)Nc1ccc(C(=O)N(Cc2ccccc2)CC2CCOCC2)cc1. The average molecular weight is 378 g/mol. The van der Waals surface area contributed by atoms with Crippen LogP contribution < -0.4 is 5.32 Å². The molecule has 0 atom stereocenters. The quantitative estimate of drug-likeness (QED) is 0.744. The van der Waals surface area contributed by atoms with Crippen LogP contribution in [-0.2, 0) is 16.1 Å². The Labute approximate surface area is 166 Å². The molecule has 2 aromatic carbocycles. The van der Waals surface area contributed by atoms with Gasteiger partial charge >= 0.3 is 0 Å². The van der Waals surface area contributed by atoms with Crippen LogP contribution in [0.1, 0.15) is 28.8 Å². The highest BCUT2D eigenvalue weighted by molar-refractivity contribution is 5.99. The number of hydrogen-bond acceptors (Lipinski definition) is 3. The first-order chi connectivity index (χ1) is 13.7. The Balaban J connectivity index is 1.74. The van der Waals surface area contributed by atoms with Gasteiger partial charge in [0, 0.05) is 37.6 Å². The van der Waals surface area contributed by atoms with Crippen LogP contribution in [0.2, 0.25) is 0 Å². The minimum absolute atomic E-state index is 0.00283. The third kappa shape index (κ3) is 5.54. The maximum atomic E-state index is 13.2. The van der Waals surface area contributed by atoms with E-state index >= 15 is 0 Å². The highest BCUT2D eigenvalue weighted by atomic mass is 16.5. The molecular weight excluding hydrogens is 352 g/mol. The second-order valence-corrected chi connectivity index (χ2v) is 7.00. The van der Waals surface area contributed by atoms with Crippen molar-refractivity contribution in [2.24, 2.45) is 5.92 Å². The van der Waals surface area contributed by atoms with Gasteiger partial charge in [0.1, 0.15) is 0 Å². The third-order valence-electron chi connectivity index (χ3n) is 4.91. The first kappa shape index (κ1) is 19.8. The summed E-state index contributed by atoms with van der Waals surface area (Å²) in [6.45, 7) is 6.25. The van der Waals surface area contributed by atoms with E-state index < -0.39 is 0 Å². The number of hydrogen-bond donors (Lipinski definition) is 1. The van der Waals surface area contributed by atoms with Crippen LogP contribution in [-0.4, -0.2) is 36.5 Å². The van der Waals surface area contributed by atoms with Crippen LogP contribution >= 0.6 is 0 Å². The van der Waals surface area contributed by atoms with Gasteiger partial charge in [-0.15, -0.1) is 0 Å². The van der Waals surface area contributed by atoms with E-state index in [1.807, 2.05) is 35.2 Å². The smallest absolute Gasteiger partial charge is 0.254 e. The zero-order valence-electron chi connectivity index (χ0n) is 16.0. The number of anilines is 1. The molecule has 1 N–H and O–H groups in total. The Bertz CT molecular complexity index is 796. The Kier molecular flexibility index (Phi) is 6.98. The predicted octanol–water partition coefficient (Wildman–Crippen LogP) is 3.88. The molecule has 0 saturated carbocycles. The van der Waals surface area contributed by atoms with E-state index in [4.69, 9.17) is 4.74 Å². The van der Waals surface area contributed by atoms with Gasteiger partial charge in [0.05, 0.1) is 0 Å². The predicted molar refractivity (Wildman–Crippen MR) is 110 cm³/mol. The molecule has 0 spiro atoms. The Morgan fingerprint density at radius 2 is 1.75 bits per heavy atom. The fraction of sp³-hybridized carbons (Fsp3) is 0.304. The number of carbonyl (C=O) groups excluding carboxylic acids is 2. The Morgan fingerprint density at radius 1 is 1.07 bits per heavy atom. The standard InChI is InChI=1S/C23H26N2O3/c1-2-22(26)24-21-10-8-20(9-11-21)23(27)25(16-18-6-4-3-5-7-18)17-19-12-14-28-15-13-19/h2-11,19H,1,12-17H2,(H,24,26). The van der Waals surface area contributed by atoms with Crippen LogP contribution in [0.15, 0.2) is 67.3 Å². The van der Waals surface area contributed by atoms with Gasteiger partial charge in [0.25, 0.3) is 5.91 Å². The van der Waals surface area contributed by atoms with E-state index in [9.17, 15) is 9.59 Å². The van der Waals surface area contributed by atoms with Crippen molar-refractivity contribution < 1.29 is 14.3 Å². The zero-order valence-corrected chi connectivity index (χ0v) is 16.0. The van der Waals surface area contributed by atoms with Crippen molar-refractivity contribution in [3.05, 3.63) is 78.4 Å². The monoisotopic (exact) mass is 378 g/mol. The molecule has 1 saturated heterocycles. The summed E-state index contributed by atoms with van der Waals surface area (Å²) in [6.07, 6.45) is 3.17. The first-order valence-electron chi connectivity index (χ1n) is 9.60. The summed E-state index contributed by atoms with van der Waals surface area (Å²) in [4.78, 5) is 26.5. The summed E-state index contributed by atoms with van der Waals surface area (Å²) in [7, 11) is 0. The number of rotatable bonds is 7. The maximum absolute atomic E-state index is 13.2. The second kappa shape index (κ2) is 9.85. The third-order valence-corrected chi connectivity index (χ3v) is 4.91. The molecule has 2 aromatic rings. The van der Waals surface area contributed by atoms with Gasteiger partial charge in [-0.3, -0.25) is 9.59 Å². The summed E-state index contributed by atoms with van der Waals surface area (Å²) in [5.41, 5.74) is 2.36. The lowest BCUT2D eigenvalue weighted by atomic mass is 9.99. The lowest BCUT2D eigenvalue weighted by Crippen LogP contribution is -2.36. The van der Waals surface area contributed by atoms with Crippen molar-refractivity contribution in [2.75, 3.05) is 25.1 Å². The number of amides is 2. The van der Waals surface area contributed by atoms with Gasteiger partial charge in [-0.05, 0) is 54.7 Å². The van der Waals surface area contributed by atoms with E-state index in [-0.39, 0.29) is 11.8 Å². The lowest BCUT2D eigenvalue weighted by molar-refractivity contribution is -0.111. The van der Waals surface area contributed by atoms with E-state index in [2.05, 4.69) is 11.9 Å². The molecule has 0 aliphatic carbocycles. The normalized spacial score (nSPS) is 14.3. The maximum Gasteiger partial charge on any atom is 0.254 e. The Hall–Kier alpha value is -2.92. The van der Waals surface area contributed by atoms with Crippen LogP contribution in [0.4, 0.5) is 5.69 Å². The Morgan fingerprint density at radius 3 is 2.39 bits per heavy atom. The van der Waals surface area contributed by atoms with Crippen LogP contribution in [0, 0.1) is 5.92 Å². The fourth-order valence-corrected chi connectivity index (χ4v) is 3.34. The fourth-order valence-electron chi connectivity index (χ4n) is 3.34. The molecule has 0 bridgehead atoms. The van der Waals surface area contributed by atoms with Gasteiger partial charge in [-0.2, -0.15) is 0 Å². The van der Waals surface area contributed by atoms with Crippen molar-refractivity contribution in [1.29, 1.82) is 0 Å². The van der Waals surface area contributed by atoms with Crippen molar-refractivity contribution in [3.8, 4) is 0 Å². The topological polar surface area (TPSA) is 58.6 Å². The van der Waals surface area contributed by atoms with Crippen LogP contribution in [0.3, 0.4) is 0 Å². The van der Waals surface area contributed by atoms with Gasteiger partial charge < -0.3 is 15.0 Å². The summed E-state index contributed by atoms with van der Waals surface area (Å²) in [5, 5.41) is 2.70. The van der Waals surface area contributed by atoms with Crippen molar-refractivity contribution in [2.45, 2.75) is 19.4 Å². The summed E-state index contributed by atoms with van der Waals surface area (Å²) in [5.74, 6) is 0.175. The molecule has 3 rings (SSSR count). The lowest BCUT2D eigenvalue weighted by Gasteiger charge is -2.30. The van der Waals surface area contributed by atoms with E-state index in [1.54, 1.807) is 24.3 Å². The summed E-state index contributed by atoms with van der Waals surface area (Å²) in [6, 6.07) is 17.0. The van der Waals surface area contributed by atoms with E-state index in [0.717, 1.165) is 31.6 Å². The molecule has 1 aliphatic rings. The highest BCUT2D eigenvalue weighted by Crippen LogP contribution is 2.20. The molecule has 5 heteroatoms. The minimum Gasteiger partial charge on any atom is -0.381 e. The molecule has 0 unspecified atom stereocenters. The highest BCUT2D eigenvalue weighted by Gasteiger charge is 2.22. The summed E-state index contributed by atoms with van der Waals surface area (Å²) >= 11 is 0. The number of nitrogens with one attached hydrogen (secondary N) is 1. The largest absolute Gasteiger partial charge is 0.381 e. The molecule has 5 nitrogen and oxygen atoms in total. The van der Waals surface area contributed by atoms with Crippen molar-refractivity contribution in [3.63, 3.8) is 0 Å². The molecule has 1 fully saturated rings. The van der Waals surface area contributed by atoms with Gasteiger partial charge in [-0.25, -0.2) is 0 Å². The summed E-state index contributed by atoms with van der Waals surface area (Å²) < 4.78 is 5.45. The minimum atomic E-state index is -0.274. The molecule has 0 aromatic heterocycles. The van der Waals surface area contributed by atoms with Gasteiger partial charge in [0.2, 0.25) is 5.91 Å². The molecule has 0 radical (unpaired) electrons. The molecule has 1 heterocycles. The molecular formula is C23H26N2O3. The number of ether oxygens (including phenoxy) is 1. The molecule has 1 aliphatic heterocycles. The van der Waals surface area contributed by atoms with Crippen molar-refractivity contribution in [1.82, 2.24) is 4.90 Å². The van der Waals surface area contributed by atoms with Crippen molar-refractivity contribution >= 4 is 17.5 Å².